The van der Waals surface area contributed by atoms with E-state index in [2.05, 4.69) is 0 Å². The van der Waals surface area contributed by atoms with Crippen molar-refractivity contribution in [2.24, 2.45) is 0 Å². The molecule has 0 radical (unpaired) electrons. The van der Waals surface area contributed by atoms with E-state index in [1.807, 2.05) is 0 Å². The van der Waals surface area contributed by atoms with Gasteiger partial charge >= 0.3 is 1.43 Å². The van der Waals surface area contributed by atoms with Crippen LogP contribution in [0.2, 0.25) is 10.0 Å². The molecule has 0 saturated carbocycles. The lowest BCUT2D eigenvalue weighted by atomic mass is 10.2. The van der Waals surface area contributed by atoms with Crippen LogP contribution in [0.25, 0.3) is 0 Å². The molecule has 0 atom stereocenters. The van der Waals surface area contributed by atoms with Crippen LogP contribution < -0.4 is 12.4 Å². The van der Waals surface area contributed by atoms with Crippen LogP contribution in [0.15, 0.2) is 18.2 Å². The van der Waals surface area contributed by atoms with Gasteiger partial charge in [-0.3, -0.25) is 4.79 Å². The Hall–Kier alpha value is -0.240. The van der Waals surface area contributed by atoms with E-state index in [9.17, 15) is 4.79 Å². The summed E-state index contributed by atoms with van der Waals surface area (Å²) in [5, 5.41) is 0.874. The molecule has 1 aromatic rings. The Bertz CT molecular complexity index is 265. The predicted octanol–water partition coefficient (Wildman–Crippen LogP) is -0.0776. The number of hydrogen-bond acceptors (Lipinski definition) is 1. The van der Waals surface area contributed by atoms with Crippen molar-refractivity contribution in [3.8, 4) is 0 Å². The second-order valence-corrected chi connectivity index (χ2v) is 2.61. The normalized spacial score (nSPS) is 8.55. The average Bonchev–Trinajstić information content (AvgIpc) is 1.95. The summed E-state index contributed by atoms with van der Waals surface area (Å²) in [4.78, 5) is 10.2. The molecule has 1 nitrogen and oxygen atoms in total. The molecular formula is C7H5Cl3O. The second-order valence-electron chi connectivity index (χ2n) is 1.79. The highest BCUT2D eigenvalue weighted by atomic mass is 35.5. The van der Waals surface area contributed by atoms with Crippen molar-refractivity contribution in [2.75, 3.05) is 0 Å². The van der Waals surface area contributed by atoms with E-state index in [0.29, 0.717) is 15.6 Å². The first-order valence-corrected chi connectivity index (χ1v) is 3.40. The molecule has 0 aliphatic carbocycles. The maximum Gasteiger partial charge on any atom is 1.00 e. The minimum atomic E-state index is 0. The first-order chi connectivity index (χ1) is 4.74. The van der Waals surface area contributed by atoms with E-state index >= 15 is 0 Å². The number of carbonyl (C=O) groups is 1. The molecule has 0 aliphatic rings. The molecule has 0 amide bonds. The Kier molecular flexibility index (Phi) is 4.50. The van der Waals surface area contributed by atoms with E-state index in [4.69, 9.17) is 23.2 Å². The van der Waals surface area contributed by atoms with Crippen molar-refractivity contribution in [2.45, 2.75) is 0 Å². The van der Waals surface area contributed by atoms with Gasteiger partial charge < -0.3 is 12.4 Å². The van der Waals surface area contributed by atoms with E-state index in [1.165, 1.54) is 6.07 Å². The van der Waals surface area contributed by atoms with Crippen LogP contribution in [-0.2, 0) is 0 Å². The van der Waals surface area contributed by atoms with Crippen LogP contribution in [0.3, 0.4) is 0 Å². The summed E-state index contributed by atoms with van der Waals surface area (Å²) in [6.07, 6.45) is 0.724. The van der Waals surface area contributed by atoms with Gasteiger partial charge in [-0.1, -0.05) is 29.3 Å². The lowest BCUT2D eigenvalue weighted by Gasteiger charge is -1.93. The molecule has 0 saturated heterocycles. The Balaban J connectivity index is 0. The zero-order chi connectivity index (χ0) is 7.56. The Morgan fingerprint density at radius 2 is 1.91 bits per heavy atom. The summed E-state index contributed by atoms with van der Waals surface area (Å²) in [7, 11) is 0. The molecule has 0 spiro atoms. The molecule has 0 aliphatic heterocycles. The first-order valence-electron chi connectivity index (χ1n) is 2.64. The molecule has 1 aromatic carbocycles. The van der Waals surface area contributed by atoms with E-state index in [0.717, 1.165) is 6.29 Å². The molecule has 0 unspecified atom stereocenters. The summed E-state index contributed by atoms with van der Waals surface area (Å²) in [6.45, 7) is 0. The summed E-state index contributed by atoms with van der Waals surface area (Å²) in [5.41, 5.74) is 0.536. The largest absolute Gasteiger partial charge is 1.00 e. The Labute approximate surface area is 82.2 Å². The molecule has 0 bridgehead atoms. The highest BCUT2D eigenvalue weighted by Crippen LogP contribution is 2.21. The maximum absolute atomic E-state index is 10.2. The monoisotopic (exact) mass is 210 g/mol. The quantitative estimate of drug-likeness (QED) is 0.594. The maximum atomic E-state index is 10.2. The van der Waals surface area contributed by atoms with Crippen molar-refractivity contribution in [1.82, 2.24) is 0 Å². The van der Waals surface area contributed by atoms with Gasteiger partial charge in [-0.05, 0) is 12.1 Å². The van der Waals surface area contributed by atoms with Crippen molar-refractivity contribution in [1.29, 1.82) is 0 Å². The number of hydrogen-bond donors (Lipinski definition) is 0. The standard InChI is InChI=1S/C7H4Cl2O.ClH/c8-6-2-1-5(4-10)3-7(6)9;/h1-4H;1H. The molecule has 60 valence electrons. The fraction of sp³-hybridized carbons (Fsp3) is 0. The average molecular weight is 211 g/mol. The van der Waals surface area contributed by atoms with Crippen LogP contribution in [0.1, 0.15) is 11.8 Å². The second kappa shape index (κ2) is 4.60. The molecule has 0 N–H and O–H groups in total. The smallest absolute Gasteiger partial charge is 1.00 e. The van der Waals surface area contributed by atoms with Gasteiger partial charge in [0.15, 0.2) is 0 Å². The minimum absolute atomic E-state index is 0. The van der Waals surface area contributed by atoms with Crippen LogP contribution in [0.5, 0.6) is 0 Å². The number of carbonyl (C=O) groups excluding carboxylic acids is 1. The topological polar surface area (TPSA) is 17.1 Å². The number of halogens is 3. The van der Waals surface area contributed by atoms with Crippen LogP contribution in [0, 0.1) is 0 Å². The molecule has 4 heteroatoms. The van der Waals surface area contributed by atoms with Crippen molar-refractivity contribution in [3.63, 3.8) is 0 Å². The number of aldehydes is 1. The Morgan fingerprint density at radius 3 is 2.36 bits per heavy atom. The molecule has 11 heavy (non-hydrogen) atoms. The lowest BCUT2D eigenvalue weighted by Crippen LogP contribution is -3.00. The fourth-order valence-electron chi connectivity index (χ4n) is 0.586. The number of rotatable bonds is 1. The van der Waals surface area contributed by atoms with Crippen LogP contribution in [0.4, 0.5) is 0 Å². The molecule has 0 fully saturated rings. The predicted molar refractivity (Wildman–Crippen MR) is 43.0 cm³/mol. The zero-order valence-electron chi connectivity index (χ0n) is 6.35. The Morgan fingerprint density at radius 1 is 1.27 bits per heavy atom. The van der Waals surface area contributed by atoms with Crippen molar-refractivity contribution < 1.29 is 18.6 Å². The summed E-state index contributed by atoms with van der Waals surface area (Å²) in [6, 6.07) is 4.73. The van der Waals surface area contributed by atoms with Gasteiger partial charge in [0.1, 0.15) is 6.29 Å². The zero-order valence-corrected chi connectivity index (χ0v) is 7.62. The third kappa shape index (κ3) is 2.70. The summed E-state index contributed by atoms with van der Waals surface area (Å²) >= 11 is 11.2. The fourth-order valence-corrected chi connectivity index (χ4v) is 0.892. The highest BCUT2D eigenvalue weighted by Gasteiger charge is 1.96. The van der Waals surface area contributed by atoms with Crippen LogP contribution in [-0.4, -0.2) is 6.29 Å². The molecule has 1 rings (SSSR count). The third-order valence-electron chi connectivity index (χ3n) is 1.08. The van der Waals surface area contributed by atoms with E-state index < -0.39 is 0 Å². The van der Waals surface area contributed by atoms with Gasteiger partial charge in [0.2, 0.25) is 0 Å². The van der Waals surface area contributed by atoms with Gasteiger partial charge in [0, 0.05) is 5.56 Å². The minimum Gasteiger partial charge on any atom is -1.00 e. The highest BCUT2D eigenvalue weighted by molar-refractivity contribution is 6.42. The first kappa shape index (κ1) is 10.8. The van der Waals surface area contributed by atoms with Crippen molar-refractivity contribution in [3.05, 3.63) is 33.8 Å². The lowest BCUT2D eigenvalue weighted by molar-refractivity contribution is -0.00000824. The molecule has 0 aromatic heterocycles. The summed E-state index contributed by atoms with van der Waals surface area (Å²) in [5.74, 6) is 0. The third-order valence-corrected chi connectivity index (χ3v) is 1.82. The molecular weight excluding hydrogens is 206 g/mol. The van der Waals surface area contributed by atoms with Gasteiger partial charge in [0.25, 0.3) is 0 Å². The van der Waals surface area contributed by atoms with E-state index in [1.54, 1.807) is 12.1 Å². The van der Waals surface area contributed by atoms with E-state index in [-0.39, 0.29) is 13.8 Å². The van der Waals surface area contributed by atoms with Gasteiger partial charge in [0.05, 0.1) is 10.0 Å². The SMILES string of the molecule is O=Cc1ccc(Cl)c(Cl)c1.[Cl-].[H+]. The van der Waals surface area contributed by atoms with Gasteiger partial charge in [-0.2, -0.15) is 0 Å². The molecule has 0 heterocycles. The number of benzene rings is 1. The van der Waals surface area contributed by atoms with Gasteiger partial charge in [-0.15, -0.1) is 0 Å². The summed E-state index contributed by atoms with van der Waals surface area (Å²) < 4.78 is 0. The van der Waals surface area contributed by atoms with Crippen LogP contribution >= 0.6 is 23.2 Å². The van der Waals surface area contributed by atoms with Crippen molar-refractivity contribution >= 4 is 29.5 Å². The van der Waals surface area contributed by atoms with Gasteiger partial charge in [-0.25, -0.2) is 0 Å².